The number of allylic oxidation sites excluding steroid dienone is 4. The summed E-state index contributed by atoms with van der Waals surface area (Å²) in [5.41, 5.74) is 6.07. The van der Waals surface area contributed by atoms with Gasteiger partial charge in [0, 0.05) is 6.42 Å². The van der Waals surface area contributed by atoms with Crippen LogP contribution in [0.1, 0.15) is 100 Å². The van der Waals surface area contributed by atoms with Crippen LogP contribution in [0.2, 0.25) is 0 Å². The van der Waals surface area contributed by atoms with Crippen molar-refractivity contribution in [2.45, 2.75) is 91.1 Å². The third-order valence-electron chi connectivity index (χ3n) is 7.94. The van der Waals surface area contributed by atoms with Crippen molar-refractivity contribution in [2.75, 3.05) is 0 Å². The number of carbonyl (C=O) groups excluding carboxylic acids is 1. The number of ether oxygens (including phenoxy) is 1. The Bertz CT molecular complexity index is 823. The number of benzene rings is 1. The fourth-order valence-corrected chi connectivity index (χ4v) is 5.83. The normalized spacial score (nSPS) is 27.6. The van der Waals surface area contributed by atoms with E-state index in [9.17, 15) is 4.79 Å². The van der Waals surface area contributed by atoms with E-state index in [1.54, 1.807) is 5.57 Å². The molecule has 3 aliphatic rings. The second-order valence-electron chi connectivity index (χ2n) is 9.80. The molecule has 1 fully saturated rings. The highest BCUT2D eigenvalue weighted by molar-refractivity contribution is 5.93. The molecule has 0 radical (unpaired) electrons. The van der Waals surface area contributed by atoms with Gasteiger partial charge in [-0.1, -0.05) is 76.3 Å². The van der Waals surface area contributed by atoms with Gasteiger partial charge in [0.1, 0.15) is 6.10 Å². The van der Waals surface area contributed by atoms with Crippen molar-refractivity contribution >= 4 is 11.5 Å². The van der Waals surface area contributed by atoms with E-state index in [1.165, 1.54) is 49.7 Å². The highest BCUT2D eigenvalue weighted by Crippen LogP contribution is 2.41. The Hall–Kier alpha value is -1.83. The Morgan fingerprint density at radius 2 is 1.87 bits per heavy atom. The predicted octanol–water partition coefficient (Wildman–Crippen LogP) is 7.52. The van der Waals surface area contributed by atoms with E-state index >= 15 is 0 Å². The van der Waals surface area contributed by atoms with Crippen LogP contribution in [0.4, 0.5) is 0 Å². The van der Waals surface area contributed by atoms with Crippen LogP contribution < -0.4 is 0 Å². The van der Waals surface area contributed by atoms with E-state index in [0.717, 1.165) is 48.6 Å². The lowest BCUT2D eigenvalue weighted by Crippen LogP contribution is -2.27. The third-order valence-corrected chi connectivity index (χ3v) is 7.94. The first-order valence-corrected chi connectivity index (χ1v) is 12.3. The molecule has 0 bridgehead atoms. The van der Waals surface area contributed by atoms with Crippen molar-refractivity contribution in [2.24, 2.45) is 17.8 Å². The minimum Gasteiger partial charge on any atom is -0.458 e. The molecule has 0 amide bonds. The molecular weight excluding hydrogens is 368 g/mol. The average Bonchev–Trinajstić information content (AvgIpc) is 2.79. The Morgan fingerprint density at radius 3 is 2.53 bits per heavy atom. The molecule has 0 spiro atoms. The number of carbonyl (C=O) groups is 1. The maximum Gasteiger partial charge on any atom is 0.338 e. The number of hydrogen-bond acceptors (Lipinski definition) is 2. The smallest absolute Gasteiger partial charge is 0.338 e. The molecule has 2 unspecified atom stereocenters. The van der Waals surface area contributed by atoms with Gasteiger partial charge in [-0.05, 0) is 72.6 Å². The van der Waals surface area contributed by atoms with Gasteiger partial charge in [-0.15, -0.1) is 0 Å². The summed E-state index contributed by atoms with van der Waals surface area (Å²) in [6.45, 7) is 6.85. The zero-order valence-electron chi connectivity index (χ0n) is 19.1. The van der Waals surface area contributed by atoms with Gasteiger partial charge in [0.05, 0.1) is 5.56 Å². The van der Waals surface area contributed by atoms with Crippen molar-refractivity contribution < 1.29 is 9.53 Å². The summed E-state index contributed by atoms with van der Waals surface area (Å²) in [6, 6.07) is 6.41. The van der Waals surface area contributed by atoms with Crippen molar-refractivity contribution in [3.8, 4) is 0 Å². The Morgan fingerprint density at radius 1 is 1.07 bits per heavy atom. The zero-order chi connectivity index (χ0) is 21.1. The molecule has 0 saturated heterocycles. The number of fused-ring (bicyclic) bond motifs is 1. The fourth-order valence-electron chi connectivity index (χ4n) is 5.83. The molecule has 4 rings (SSSR count). The molecule has 2 aliphatic carbocycles. The van der Waals surface area contributed by atoms with E-state index in [2.05, 4.69) is 51.1 Å². The Kier molecular flexibility index (Phi) is 6.80. The number of esters is 1. The summed E-state index contributed by atoms with van der Waals surface area (Å²) in [5.74, 6) is 2.40. The first kappa shape index (κ1) is 21.4. The van der Waals surface area contributed by atoms with E-state index < -0.39 is 0 Å². The zero-order valence-corrected chi connectivity index (χ0v) is 19.1. The van der Waals surface area contributed by atoms with Gasteiger partial charge in [-0.2, -0.15) is 0 Å². The predicted molar refractivity (Wildman–Crippen MR) is 124 cm³/mol. The maximum absolute atomic E-state index is 12.4. The molecule has 0 N–H and O–H groups in total. The van der Waals surface area contributed by atoms with Crippen LogP contribution >= 0.6 is 0 Å². The van der Waals surface area contributed by atoms with Crippen LogP contribution in [0, 0.1) is 17.8 Å². The highest BCUT2D eigenvalue weighted by Gasteiger charge is 2.28. The summed E-state index contributed by atoms with van der Waals surface area (Å²) >= 11 is 0. The third kappa shape index (κ3) is 4.58. The van der Waals surface area contributed by atoms with Gasteiger partial charge in [0.15, 0.2) is 0 Å². The molecule has 1 heterocycles. The number of hydrogen-bond donors (Lipinski definition) is 0. The minimum atomic E-state index is -0.148. The molecule has 162 valence electrons. The molecule has 30 heavy (non-hydrogen) atoms. The van der Waals surface area contributed by atoms with Gasteiger partial charge in [-0.25, -0.2) is 4.79 Å². The molecular formula is C28H38O2. The first-order valence-electron chi connectivity index (χ1n) is 12.3. The molecule has 0 aromatic heterocycles. The highest BCUT2D eigenvalue weighted by atomic mass is 16.5. The largest absolute Gasteiger partial charge is 0.458 e. The van der Waals surface area contributed by atoms with Crippen LogP contribution in [0.5, 0.6) is 0 Å². The second kappa shape index (κ2) is 9.54. The van der Waals surface area contributed by atoms with E-state index in [1.807, 2.05) is 0 Å². The first-order chi connectivity index (χ1) is 14.6. The molecule has 1 aromatic carbocycles. The maximum atomic E-state index is 12.4. The van der Waals surface area contributed by atoms with E-state index in [0.29, 0.717) is 5.92 Å². The summed E-state index contributed by atoms with van der Waals surface area (Å²) in [7, 11) is 0. The Labute approximate surface area is 182 Å². The van der Waals surface area contributed by atoms with Crippen LogP contribution in [0.25, 0.3) is 5.57 Å². The Balaban J connectivity index is 1.43. The van der Waals surface area contributed by atoms with Crippen molar-refractivity contribution in [3.63, 3.8) is 0 Å². The SMILES string of the molecule is CCCC1CCC(C(C)C2=CC=C(c3ccc4c(c3)C(=O)OC(CC)C4)CC2)CC1. The van der Waals surface area contributed by atoms with Gasteiger partial charge in [0.25, 0.3) is 0 Å². The van der Waals surface area contributed by atoms with Gasteiger partial charge < -0.3 is 4.74 Å². The fraction of sp³-hybridized carbons (Fsp3) is 0.607. The summed E-state index contributed by atoms with van der Waals surface area (Å²) in [4.78, 5) is 12.4. The average molecular weight is 407 g/mol. The van der Waals surface area contributed by atoms with E-state index in [-0.39, 0.29) is 12.1 Å². The molecule has 1 aromatic rings. The van der Waals surface area contributed by atoms with E-state index in [4.69, 9.17) is 4.74 Å². The number of rotatable bonds is 6. The lowest BCUT2D eigenvalue weighted by Gasteiger charge is -2.34. The van der Waals surface area contributed by atoms with Crippen LogP contribution in [0.3, 0.4) is 0 Å². The molecule has 1 saturated carbocycles. The van der Waals surface area contributed by atoms with Crippen LogP contribution in [-0.4, -0.2) is 12.1 Å². The summed E-state index contributed by atoms with van der Waals surface area (Å²) < 4.78 is 5.57. The van der Waals surface area contributed by atoms with Crippen molar-refractivity contribution in [1.82, 2.24) is 0 Å². The molecule has 1 aliphatic heterocycles. The van der Waals surface area contributed by atoms with Gasteiger partial charge >= 0.3 is 5.97 Å². The van der Waals surface area contributed by atoms with Crippen LogP contribution in [0.15, 0.2) is 35.9 Å². The molecule has 2 nitrogen and oxygen atoms in total. The minimum absolute atomic E-state index is 0.0359. The van der Waals surface area contributed by atoms with Crippen molar-refractivity contribution in [3.05, 3.63) is 52.6 Å². The van der Waals surface area contributed by atoms with Crippen molar-refractivity contribution in [1.29, 1.82) is 0 Å². The monoisotopic (exact) mass is 406 g/mol. The lowest BCUT2D eigenvalue weighted by atomic mass is 9.71. The summed E-state index contributed by atoms with van der Waals surface area (Å²) in [5, 5.41) is 0. The number of cyclic esters (lactones) is 1. The lowest BCUT2D eigenvalue weighted by molar-refractivity contribution is 0.0249. The molecule has 2 atom stereocenters. The van der Waals surface area contributed by atoms with Crippen LogP contribution in [-0.2, 0) is 11.2 Å². The quantitative estimate of drug-likeness (QED) is 0.456. The standard InChI is InChI=1S/C28H38O2/c1-4-6-20-7-9-21(10-8-20)19(3)22-11-13-23(14-12-22)24-15-16-25-17-26(5-2)30-28(29)27(25)18-24/h11,13,15-16,18-21,26H,4-10,12,14,17H2,1-3H3. The summed E-state index contributed by atoms with van der Waals surface area (Å²) in [6.07, 6.45) is 17.1. The van der Waals surface area contributed by atoms with Gasteiger partial charge in [-0.3, -0.25) is 0 Å². The molecule has 2 heteroatoms. The topological polar surface area (TPSA) is 26.3 Å². The van der Waals surface area contributed by atoms with Gasteiger partial charge in [0.2, 0.25) is 0 Å². The second-order valence-corrected chi connectivity index (χ2v) is 9.80.